The summed E-state index contributed by atoms with van der Waals surface area (Å²) in [7, 11) is 3.22. The molecule has 0 saturated carbocycles. The molecule has 0 spiro atoms. The highest BCUT2D eigenvalue weighted by molar-refractivity contribution is 5.56. The Labute approximate surface area is 120 Å². The number of para-hydroxylation sites is 1. The van der Waals surface area contributed by atoms with Gasteiger partial charge in [-0.2, -0.15) is 0 Å². The minimum atomic E-state index is -0.736. The second-order valence-electron chi connectivity index (χ2n) is 4.84. The molecule has 1 aromatic carbocycles. The van der Waals surface area contributed by atoms with Crippen molar-refractivity contribution in [2.75, 3.05) is 38.9 Å². The molecule has 5 heteroatoms. The van der Waals surface area contributed by atoms with E-state index in [9.17, 15) is 9.50 Å². The Bertz CT molecular complexity index is 412. The van der Waals surface area contributed by atoms with Gasteiger partial charge in [-0.1, -0.05) is 12.1 Å². The van der Waals surface area contributed by atoms with Crippen LogP contribution in [0.1, 0.15) is 25.5 Å². The number of halogens is 1. The van der Waals surface area contributed by atoms with Crippen molar-refractivity contribution in [3.8, 4) is 0 Å². The third-order valence-electron chi connectivity index (χ3n) is 3.23. The lowest BCUT2D eigenvalue weighted by molar-refractivity contribution is 0.169. The summed E-state index contributed by atoms with van der Waals surface area (Å²) >= 11 is 0. The number of anilines is 1. The van der Waals surface area contributed by atoms with Crippen molar-refractivity contribution in [1.29, 1.82) is 0 Å². The Balaban J connectivity index is 3.17. The fraction of sp³-hybridized carbons (Fsp3) is 0.600. The van der Waals surface area contributed by atoms with Gasteiger partial charge in [0, 0.05) is 32.4 Å². The molecule has 1 N–H and O–H groups in total. The number of hydrogen-bond acceptors (Lipinski definition) is 4. The largest absolute Gasteiger partial charge is 0.389 e. The molecule has 2 unspecified atom stereocenters. The SMILES string of the molecule is COCCN(c1c(F)cccc1C(C)O)C(C)COC. The van der Waals surface area contributed by atoms with Crippen molar-refractivity contribution in [3.05, 3.63) is 29.6 Å². The van der Waals surface area contributed by atoms with Gasteiger partial charge in [-0.05, 0) is 19.9 Å². The molecule has 0 bridgehead atoms. The van der Waals surface area contributed by atoms with Gasteiger partial charge in [-0.3, -0.25) is 0 Å². The predicted molar refractivity (Wildman–Crippen MR) is 77.6 cm³/mol. The Morgan fingerprint density at radius 2 is 1.95 bits per heavy atom. The highest BCUT2D eigenvalue weighted by Crippen LogP contribution is 2.30. The fourth-order valence-electron chi connectivity index (χ4n) is 2.25. The zero-order chi connectivity index (χ0) is 15.1. The van der Waals surface area contributed by atoms with E-state index < -0.39 is 6.10 Å². The van der Waals surface area contributed by atoms with E-state index in [1.807, 2.05) is 11.8 Å². The van der Waals surface area contributed by atoms with Crippen LogP contribution in [0.2, 0.25) is 0 Å². The number of nitrogens with zero attached hydrogens (tertiary/aromatic N) is 1. The molecule has 0 fully saturated rings. The lowest BCUT2D eigenvalue weighted by Crippen LogP contribution is -2.40. The van der Waals surface area contributed by atoms with Crippen molar-refractivity contribution in [3.63, 3.8) is 0 Å². The fourth-order valence-corrected chi connectivity index (χ4v) is 2.25. The minimum Gasteiger partial charge on any atom is -0.389 e. The monoisotopic (exact) mass is 285 g/mol. The molecule has 0 aliphatic rings. The van der Waals surface area contributed by atoms with Gasteiger partial charge in [0.2, 0.25) is 0 Å². The Kier molecular flexibility index (Phi) is 6.91. The van der Waals surface area contributed by atoms with E-state index in [1.54, 1.807) is 33.3 Å². The van der Waals surface area contributed by atoms with Crippen molar-refractivity contribution in [1.82, 2.24) is 0 Å². The third-order valence-corrected chi connectivity index (χ3v) is 3.23. The first kappa shape index (κ1) is 16.9. The molecule has 20 heavy (non-hydrogen) atoms. The zero-order valence-corrected chi connectivity index (χ0v) is 12.6. The second kappa shape index (κ2) is 8.19. The molecule has 2 atom stereocenters. The van der Waals surface area contributed by atoms with Gasteiger partial charge in [-0.25, -0.2) is 4.39 Å². The molecule has 1 rings (SSSR count). The van der Waals surface area contributed by atoms with Crippen LogP contribution in [0, 0.1) is 5.82 Å². The van der Waals surface area contributed by atoms with Crippen LogP contribution in [0.3, 0.4) is 0 Å². The first-order valence-corrected chi connectivity index (χ1v) is 6.73. The standard InChI is InChI=1S/C15H24FNO3/c1-11(10-20-4)17(8-9-19-3)15-13(12(2)18)6-5-7-14(15)16/h5-7,11-12,18H,8-10H2,1-4H3. The zero-order valence-electron chi connectivity index (χ0n) is 12.6. The summed E-state index contributed by atoms with van der Waals surface area (Å²) in [5.41, 5.74) is 0.994. The highest BCUT2D eigenvalue weighted by Gasteiger charge is 2.22. The maximum atomic E-state index is 14.3. The first-order valence-electron chi connectivity index (χ1n) is 6.73. The topological polar surface area (TPSA) is 41.9 Å². The van der Waals surface area contributed by atoms with E-state index >= 15 is 0 Å². The molecule has 0 aromatic heterocycles. The molecule has 0 heterocycles. The van der Waals surface area contributed by atoms with E-state index in [1.165, 1.54) is 6.07 Å². The number of hydrogen-bond donors (Lipinski definition) is 1. The first-order chi connectivity index (χ1) is 9.52. The van der Waals surface area contributed by atoms with Gasteiger partial charge >= 0.3 is 0 Å². The summed E-state index contributed by atoms with van der Waals surface area (Å²) in [5.74, 6) is -0.345. The van der Waals surface area contributed by atoms with Crippen LogP contribution in [0.25, 0.3) is 0 Å². The number of aliphatic hydroxyl groups excluding tert-OH is 1. The van der Waals surface area contributed by atoms with Crippen LogP contribution in [0.4, 0.5) is 10.1 Å². The second-order valence-corrected chi connectivity index (χ2v) is 4.84. The van der Waals surface area contributed by atoms with Gasteiger partial charge in [-0.15, -0.1) is 0 Å². The normalized spacial score (nSPS) is 14.1. The lowest BCUT2D eigenvalue weighted by atomic mass is 10.1. The number of ether oxygens (including phenoxy) is 2. The highest BCUT2D eigenvalue weighted by atomic mass is 19.1. The molecule has 0 aliphatic carbocycles. The molecular formula is C15H24FNO3. The third kappa shape index (κ3) is 4.16. The number of aliphatic hydroxyl groups is 1. The molecule has 1 aromatic rings. The van der Waals surface area contributed by atoms with E-state index in [0.717, 1.165) is 0 Å². The van der Waals surface area contributed by atoms with Gasteiger partial charge in [0.05, 0.1) is 25.0 Å². The van der Waals surface area contributed by atoms with Crippen molar-refractivity contribution in [2.24, 2.45) is 0 Å². The van der Waals surface area contributed by atoms with E-state index in [-0.39, 0.29) is 11.9 Å². The summed E-state index contributed by atoms with van der Waals surface area (Å²) in [6.07, 6.45) is -0.736. The summed E-state index contributed by atoms with van der Waals surface area (Å²) < 4.78 is 24.5. The molecule has 0 amide bonds. The summed E-state index contributed by atoms with van der Waals surface area (Å²) in [6.45, 7) is 5.06. The average Bonchev–Trinajstić information content (AvgIpc) is 2.40. The number of rotatable bonds is 8. The maximum absolute atomic E-state index is 14.3. The molecule has 0 radical (unpaired) electrons. The maximum Gasteiger partial charge on any atom is 0.146 e. The number of methoxy groups -OCH3 is 2. The van der Waals surface area contributed by atoms with Crippen LogP contribution in [0.5, 0.6) is 0 Å². The van der Waals surface area contributed by atoms with Gasteiger partial charge in [0.1, 0.15) is 5.82 Å². The molecule has 114 valence electrons. The van der Waals surface area contributed by atoms with Crippen LogP contribution in [-0.2, 0) is 9.47 Å². The Morgan fingerprint density at radius 3 is 2.50 bits per heavy atom. The predicted octanol–water partition coefficient (Wildman–Crippen LogP) is 2.37. The van der Waals surface area contributed by atoms with Crippen LogP contribution < -0.4 is 4.90 Å². The minimum absolute atomic E-state index is 0.0236. The summed E-state index contributed by atoms with van der Waals surface area (Å²) in [6, 6.07) is 4.73. The van der Waals surface area contributed by atoms with Gasteiger partial charge in [0.15, 0.2) is 0 Å². The van der Waals surface area contributed by atoms with Crippen molar-refractivity contribution < 1.29 is 19.0 Å². The Hall–Kier alpha value is -1.17. The van der Waals surface area contributed by atoms with Gasteiger partial charge < -0.3 is 19.5 Å². The smallest absolute Gasteiger partial charge is 0.146 e. The molecule has 0 saturated heterocycles. The van der Waals surface area contributed by atoms with E-state index in [4.69, 9.17) is 9.47 Å². The van der Waals surface area contributed by atoms with E-state index in [2.05, 4.69) is 0 Å². The van der Waals surface area contributed by atoms with E-state index in [0.29, 0.717) is 31.0 Å². The molecule has 4 nitrogen and oxygen atoms in total. The molecular weight excluding hydrogens is 261 g/mol. The molecule has 0 aliphatic heterocycles. The average molecular weight is 285 g/mol. The van der Waals surface area contributed by atoms with Crippen LogP contribution in [-0.4, -0.2) is 45.1 Å². The van der Waals surface area contributed by atoms with Crippen LogP contribution >= 0.6 is 0 Å². The Morgan fingerprint density at radius 1 is 1.25 bits per heavy atom. The van der Waals surface area contributed by atoms with Gasteiger partial charge in [0.25, 0.3) is 0 Å². The van der Waals surface area contributed by atoms with Crippen molar-refractivity contribution in [2.45, 2.75) is 26.0 Å². The summed E-state index contributed by atoms with van der Waals surface area (Å²) in [5, 5.41) is 9.86. The van der Waals surface area contributed by atoms with Crippen LogP contribution in [0.15, 0.2) is 18.2 Å². The quantitative estimate of drug-likeness (QED) is 0.796. The summed E-state index contributed by atoms with van der Waals surface area (Å²) in [4.78, 5) is 1.88. The van der Waals surface area contributed by atoms with Crippen molar-refractivity contribution >= 4 is 5.69 Å². The lowest BCUT2D eigenvalue weighted by Gasteiger charge is -2.33. The number of benzene rings is 1.